The summed E-state index contributed by atoms with van der Waals surface area (Å²) >= 11 is 0. The lowest BCUT2D eigenvalue weighted by molar-refractivity contribution is 0.308. The number of aromatic nitrogens is 3. The van der Waals surface area contributed by atoms with E-state index in [4.69, 9.17) is 4.84 Å². The average Bonchev–Trinajstić information content (AvgIpc) is 2.48. The summed E-state index contributed by atoms with van der Waals surface area (Å²) in [5.41, 5.74) is 1.14. The van der Waals surface area contributed by atoms with E-state index in [1.807, 2.05) is 0 Å². The van der Waals surface area contributed by atoms with E-state index in [0.29, 0.717) is 0 Å². The number of nitrogens with zero attached hydrogens (tertiary/aromatic N) is 4. The van der Waals surface area contributed by atoms with Crippen LogP contribution in [0.1, 0.15) is 70.6 Å². The molecule has 5 heteroatoms. The zero-order valence-corrected chi connectivity index (χ0v) is 12.1. The maximum absolute atomic E-state index is 5.30. The Morgan fingerprint density at radius 2 is 1.25 bits per heavy atom. The van der Waals surface area contributed by atoms with Gasteiger partial charge in [-0.15, -0.1) is 0 Å². The highest BCUT2D eigenvalue weighted by atomic mass is 16.6. The second-order valence-electron chi connectivity index (χ2n) is 5.35. The van der Waals surface area contributed by atoms with E-state index in [9.17, 15) is 0 Å². The van der Waals surface area contributed by atoms with Crippen molar-refractivity contribution in [2.45, 2.75) is 70.6 Å². The van der Waals surface area contributed by atoms with Crippen molar-refractivity contribution in [3.63, 3.8) is 0 Å². The summed E-state index contributed by atoms with van der Waals surface area (Å²) < 4.78 is 0. The molecule has 0 aromatic carbocycles. The summed E-state index contributed by atoms with van der Waals surface area (Å²) in [6, 6.07) is 0.276. The van der Waals surface area contributed by atoms with Gasteiger partial charge in [0, 0.05) is 0 Å². The highest BCUT2D eigenvalue weighted by Crippen LogP contribution is 2.15. The Morgan fingerprint density at radius 1 is 0.750 bits per heavy atom. The van der Waals surface area contributed by atoms with Gasteiger partial charge in [-0.2, -0.15) is 9.97 Å². The maximum Gasteiger partial charge on any atom is 0.348 e. The zero-order chi connectivity index (χ0) is 13.9. The molecule has 0 saturated heterocycles. The molecule has 1 fully saturated rings. The van der Waals surface area contributed by atoms with Crippen LogP contribution >= 0.6 is 0 Å². The SMILES string of the molecule is c1ncnc(ON=C2CCCCCCCCCCC2)n1. The maximum atomic E-state index is 5.30. The highest BCUT2D eigenvalue weighted by molar-refractivity contribution is 5.83. The summed E-state index contributed by atoms with van der Waals surface area (Å²) in [5.74, 6) is 0. The van der Waals surface area contributed by atoms with Gasteiger partial charge in [0.05, 0.1) is 5.71 Å². The van der Waals surface area contributed by atoms with Crippen molar-refractivity contribution in [1.29, 1.82) is 0 Å². The van der Waals surface area contributed by atoms with E-state index in [1.165, 1.54) is 70.4 Å². The molecule has 1 saturated carbocycles. The van der Waals surface area contributed by atoms with Crippen LogP contribution < -0.4 is 4.84 Å². The van der Waals surface area contributed by atoms with Crippen molar-refractivity contribution in [2.75, 3.05) is 0 Å². The Labute approximate surface area is 120 Å². The standard InChI is InChI=1S/C15H24N4O/c1-2-4-6-8-10-14(11-9-7-5-3-1)19-20-15-17-12-16-13-18-15/h12-13H,1-11H2. The Hall–Kier alpha value is -1.52. The molecule has 1 aromatic heterocycles. The minimum atomic E-state index is 0.276. The third kappa shape index (κ3) is 6.08. The Kier molecular flexibility index (Phi) is 6.99. The Morgan fingerprint density at radius 3 is 1.80 bits per heavy atom. The van der Waals surface area contributed by atoms with Crippen LogP contribution in [0.15, 0.2) is 17.8 Å². The number of hydrogen-bond donors (Lipinski definition) is 0. The first-order valence-corrected chi connectivity index (χ1v) is 7.80. The van der Waals surface area contributed by atoms with Crippen LogP contribution in [0, 0.1) is 0 Å². The molecule has 2 rings (SSSR count). The first-order chi connectivity index (χ1) is 9.95. The molecule has 0 bridgehead atoms. The fourth-order valence-corrected chi connectivity index (χ4v) is 2.49. The lowest BCUT2D eigenvalue weighted by Crippen LogP contribution is -2.03. The Bertz CT molecular complexity index is 380. The van der Waals surface area contributed by atoms with Crippen LogP contribution in [0.4, 0.5) is 0 Å². The van der Waals surface area contributed by atoms with Crippen molar-refractivity contribution in [1.82, 2.24) is 15.0 Å². The predicted molar refractivity (Wildman–Crippen MR) is 78.7 cm³/mol. The third-order valence-electron chi connectivity index (χ3n) is 3.66. The molecule has 0 amide bonds. The monoisotopic (exact) mass is 276 g/mol. The molecule has 1 aliphatic carbocycles. The van der Waals surface area contributed by atoms with Crippen molar-refractivity contribution in [3.05, 3.63) is 12.7 Å². The fourth-order valence-electron chi connectivity index (χ4n) is 2.49. The predicted octanol–water partition coefficient (Wildman–Crippen LogP) is 3.91. The van der Waals surface area contributed by atoms with E-state index in [0.717, 1.165) is 18.6 Å². The van der Waals surface area contributed by atoms with Gasteiger partial charge in [-0.25, -0.2) is 4.98 Å². The summed E-state index contributed by atoms with van der Waals surface area (Å²) in [7, 11) is 0. The molecule has 0 aliphatic heterocycles. The fraction of sp³-hybridized carbons (Fsp3) is 0.733. The molecule has 0 N–H and O–H groups in total. The number of rotatable bonds is 2. The van der Waals surface area contributed by atoms with Gasteiger partial charge in [0.25, 0.3) is 0 Å². The van der Waals surface area contributed by atoms with Gasteiger partial charge in [-0.3, -0.25) is 0 Å². The summed E-state index contributed by atoms with van der Waals surface area (Å²) in [5, 5.41) is 4.25. The van der Waals surface area contributed by atoms with Crippen LogP contribution in [0.3, 0.4) is 0 Å². The van der Waals surface area contributed by atoms with Crippen LogP contribution in [-0.4, -0.2) is 20.7 Å². The second-order valence-corrected chi connectivity index (χ2v) is 5.35. The molecule has 110 valence electrons. The lowest BCUT2D eigenvalue weighted by atomic mass is 10.00. The molecule has 0 atom stereocenters. The van der Waals surface area contributed by atoms with E-state index >= 15 is 0 Å². The summed E-state index contributed by atoms with van der Waals surface area (Å²) in [6.45, 7) is 0. The van der Waals surface area contributed by atoms with Crippen molar-refractivity contribution < 1.29 is 4.84 Å². The minimum absolute atomic E-state index is 0.276. The van der Waals surface area contributed by atoms with Crippen molar-refractivity contribution in [3.8, 4) is 6.01 Å². The van der Waals surface area contributed by atoms with Gasteiger partial charge in [0.15, 0.2) is 0 Å². The molecule has 20 heavy (non-hydrogen) atoms. The first-order valence-electron chi connectivity index (χ1n) is 7.80. The smallest absolute Gasteiger partial charge is 0.315 e. The largest absolute Gasteiger partial charge is 0.348 e. The second kappa shape index (κ2) is 9.39. The normalized spacial score (nSPS) is 18.7. The molecule has 5 nitrogen and oxygen atoms in total. The molecule has 1 aromatic rings. The molecule has 1 aliphatic rings. The summed E-state index contributed by atoms with van der Waals surface area (Å²) in [4.78, 5) is 16.9. The van der Waals surface area contributed by atoms with Gasteiger partial charge in [0.2, 0.25) is 0 Å². The third-order valence-corrected chi connectivity index (χ3v) is 3.66. The molecule has 0 unspecified atom stereocenters. The molecular weight excluding hydrogens is 252 g/mol. The highest BCUT2D eigenvalue weighted by Gasteiger charge is 2.04. The van der Waals surface area contributed by atoms with Crippen LogP contribution in [0.5, 0.6) is 6.01 Å². The van der Waals surface area contributed by atoms with Gasteiger partial charge >= 0.3 is 6.01 Å². The van der Waals surface area contributed by atoms with E-state index in [-0.39, 0.29) is 6.01 Å². The molecule has 1 heterocycles. The van der Waals surface area contributed by atoms with Crippen LogP contribution in [0.25, 0.3) is 0 Å². The van der Waals surface area contributed by atoms with Gasteiger partial charge in [-0.05, 0) is 25.7 Å². The van der Waals surface area contributed by atoms with Gasteiger partial charge in [0.1, 0.15) is 12.7 Å². The number of oxime groups is 1. The zero-order valence-electron chi connectivity index (χ0n) is 12.1. The van der Waals surface area contributed by atoms with Crippen LogP contribution in [-0.2, 0) is 0 Å². The molecule has 0 radical (unpaired) electrons. The minimum Gasteiger partial charge on any atom is -0.315 e. The van der Waals surface area contributed by atoms with E-state index in [2.05, 4.69) is 20.1 Å². The van der Waals surface area contributed by atoms with Gasteiger partial charge in [-0.1, -0.05) is 50.1 Å². The lowest BCUT2D eigenvalue weighted by Gasteiger charge is -2.08. The van der Waals surface area contributed by atoms with Crippen molar-refractivity contribution >= 4 is 5.71 Å². The van der Waals surface area contributed by atoms with Crippen LogP contribution in [0.2, 0.25) is 0 Å². The average molecular weight is 276 g/mol. The molecular formula is C15H24N4O. The van der Waals surface area contributed by atoms with Crippen molar-refractivity contribution in [2.24, 2.45) is 5.16 Å². The quantitative estimate of drug-likeness (QED) is 0.768. The van der Waals surface area contributed by atoms with E-state index < -0.39 is 0 Å². The van der Waals surface area contributed by atoms with Gasteiger partial charge < -0.3 is 4.84 Å². The first kappa shape index (κ1) is 14.9. The summed E-state index contributed by atoms with van der Waals surface area (Å²) in [6.07, 6.45) is 16.8. The topological polar surface area (TPSA) is 60.3 Å². The molecule has 0 spiro atoms. The Balaban J connectivity index is 1.84. The van der Waals surface area contributed by atoms with E-state index in [1.54, 1.807) is 0 Å². The number of hydrogen-bond acceptors (Lipinski definition) is 5.